The monoisotopic (exact) mass is 302 g/mol. The number of para-hydroxylation sites is 1. The molecule has 0 radical (unpaired) electrons. The fourth-order valence-electron chi connectivity index (χ4n) is 4.22. The second-order valence-electron chi connectivity index (χ2n) is 6.67. The van der Waals surface area contributed by atoms with Crippen molar-refractivity contribution in [2.75, 3.05) is 13.7 Å². The minimum absolute atomic E-state index is 0.0167. The van der Waals surface area contributed by atoms with Crippen molar-refractivity contribution >= 4 is 5.91 Å². The van der Waals surface area contributed by atoms with E-state index in [4.69, 9.17) is 10.5 Å². The summed E-state index contributed by atoms with van der Waals surface area (Å²) in [6.45, 7) is 3.18. The minimum Gasteiger partial charge on any atom is -0.494 e. The smallest absolute Gasteiger partial charge is 0.227 e. The molecule has 4 heteroatoms. The number of amides is 1. The van der Waals surface area contributed by atoms with Gasteiger partial charge in [0.15, 0.2) is 0 Å². The second kappa shape index (κ2) is 6.29. The van der Waals surface area contributed by atoms with Gasteiger partial charge in [0.1, 0.15) is 5.75 Å². The Bertz CT molecular complexity index is 544. The first kappa shape index (κ1) is 15.3. The lowest BCUT2D eigenvalue weighted by Gasteiger charge is -2.31. The molecule has 4 atom stereocenters. The molecule has 22 heavy (non-hydrogen) atoms. The number of benzene rings is 1. The zero-order valence-electron chi connectivity index (χ0n) is 13.5. The predicted molar refractivity (Wildman–Crippen MR) is 86.4 cm³/mol. The van der Waals surface area contributed by atoms with Crippen molar-refractivity contribution in [1.29, 1.82) is 0 Å². The van der Waals surface area contributed by atoms with Gasteiger partial charge in [0, 0.05) is 25.2 Å². The predicted octanol–water partition coefficient (Wildman–Crippen LogP) is 2.42. The SMILES string of the molecule is CCOc1ccccc1CN(C)C(=O)[C@H]1[C@H]2CC[C@@H](C2)[C@H]1N. The van der Waals surface area contributed by atoms with E-state index in [0.717, 1.165) is 24.2 Å². The molecule has 4 nitrogen and oxygen atoms in total. The summed E-state index contributed by atoms with van der Waals surface area (Å²) in [5.74, 6) is 2.14. The van der Waals surface area contributed by atoms with Crippen LogP contribution in [-0.2, 0) is 11.3 Å². The van der Waals surface area contributed by atoms with Gasteiger partial charge in [-0.25, -0.2) is 0 Å². The van der Waals surface area contributed by atoms with Crippen molar-refractivity contribution < 1.29 is 9.53 Å². The van der Waals surface area contributed by atoms with Gasteiger partial charge in [0.25, 0.3) is 0 Å². The molecule has 2 saturated carbocycles. The molecular weight excluding hydrogens is 276 g/mol. The first-order valence-corrected chi connectivity index (χ1v) is 8.33. The summed E-state index contributed by atoms with van der Waals surface area (Å²) in [6, 6.07) is 7.98. The van der Waals surface area contributed by atoms with Crippen molar-refractivity contribution in [1.82, 2.24) is 4.90 Å². The molecule has 0 aromatic heterocycles. The summed E-state index contributed by atoms with van der Waals surface area (Å²) < 4.78 is 5.65. The van der Waals surface area contributed by atoms with Crippen molar-refractivity contribution in [2.45, 2.75) is 38.8 Å². The van der Waals surface area contributed by atoms with E-state index in [9.17, 15) is 4.79 Å². The lowest BCUT2D eigenvalue weighted by molar-refractivity contribution is -0.137. The maximum atomic E-state index is 12.8. The van der Waals surface area contributed by atoms with Gasteiger partial charge in [-0.2, -0.15) is 0 Å². The molecule has 0 saturated heterocycles. The molecule has 2 bridgehead atoms. The lowest BCUT2D eigenvalue weighted by atomic mass is 9.84. The molecule has 2 aliphatic carbocycles. The summed E-state index contributed by atoms with van der Waals surface area (Å²) >= 11 is 0. The zero-order valence-corrected chi connectivity index (χ0v) is 13.5. The van der Waals surface area contributed by atoms with Crippen molar-refractivity contribution in [3.8, 4) is 5.75 Å². The summed E-state index contributed by atoms with van der Waals surface area (Å²) in [7, 11) is 1.88. The van der Waals surface area contributed by atoms with Crippen LogP contribution in [0.1, 0.15) is 31.7 Å². The number of hydrogen-bond acceptors (Lipinski definition) is 3. The van der Waals surface area contributed by atoms with E-state index in [1.54, 1.807) is 0 Å². The highest BCUT2D eigenvalue weighted by Gasteiger charge is 2.49. The standard InChI is InChI=1S/C18H26N2O2/c1-3-22-15-7-5-4-6-14(15)11-20(2)18(21)16-12-8-9-13(10-12)17(16)19/h4-7,12-13,16-17H,3,8-11,19H2,1-2H3/t12-,13-,16-,17+/m0/s1. The van der Waals surface area contributed by atoms with E-state index in [1.165, 1.54) is 6.42 Å². The molecule has 1 amide bonds. The average molecular weight is 302 g/mol. The molecule has 0 spiro atoms. The Kier molecular flexibility index (Phi) is 4.39. The Hall–Kier alpha value is -1.55. The molecule has 0 heterocycles. The Morgan fingerprint density at radius 3 is 2.73 bits per heavy atom. The van der Waals surface area contributed by atoms with Gasteiger partial charge >= 0.3 is 0 Å². The number of carbonyl (C=O) groups is 1. The molecule has 2 fully saturated rings. The lowest BCUT2D eigenvalue weighted by Crippen LogP contribution is -2.45. The zero-order chi connectivity index (χ0) is 15.7. The van der Waals surface area contributed by atoms with Crippen molar-refractivity contribution in [3.63, 3.8) is 0 Å². The number of nitrogens with zero attached hydrogens (tertiary/aromatic N) is 1. The fourth-order valence-corrected chi connectivity index (χ4v) is 4.22. The van der Waals surface area contributed by atoms with Crippen molar-refractivity contribution in [2.24, 2.45) is 23.5 Å². The van der Waals surface area contributed by atoms with E-state index < -0.39 is 0 Å². The first-order chi connectivity index (χ1) is 10.6. The van der Waals surface area contributed by atoms with E-state index in [0.29, 0.717) is 25.0 Å². The minimum atomic E-state index is 0.0167. The summed E-state index contributed by atoms with van der Waals surface area (Å²) in [6.07, 6.45) is 3.51. The summed E-state index contributed by atoms with van der Waals surface area (Å²) in [4.78, 5) is 14.6. The molecule has 2 N–H and O–H groups in total. The first-order valence-electron chi connectivity index (χ1n) is 8.33. The third-order valence-corrected chi connectivity index (χ3v) is 5.32. The van der Waals surface area contributed by atoms with Crippen LogP contribution < -0.4 is 10.5 Å². The number of ether oxygens (including phenoxy) is 1. The van der Waals surface area contributed by atoms with Crippen LogP contribution in [0.25, 0.3) is 0 Å². The highest BCUT2D eigenvalue weighted by Crippen LogP contribution is 2.48. The van der Waals surface area contributed by atoms with Crippen LogP contribution >= 0.6 is 0 Å². The Labute approximate surface area is 132 Å². The molecule has 120 valence electrons. The number of nitrogens with two attached hydrogens (primary N) is 1. The van der Waals surface area contributed by atoms with E-state index in [1.807, 2.05) is 43.1 Å². The molecule has 0 aliphatic heterocycles. The van der Waals surface area contributed by atoms with Gasteiger partial charge in [0.05, 0.1) is 12.5 Å². The fraction of sp³-hybridized carbons (Fsp3) is 0.611. The molecule has 1 aromatic carbocycles. The van der Waals surface area contributed by atoms with Crippen LogP contribution in [0.5, 0.6) is 5.75 Å². The van der Waals surface area contributed by atoms with E-state index in [2.05, 4.69) is 0 Å². The van der Waals surface area contributed by atoms with Crippen LogP contribution in [-0.4, -0.2) is 30.5 Å². The Morgan fingerprint density at radius 2 is 2.05 bits per heavy atom. The van der Waals surface area contributed by atoms with Gasteiger partial charge < -0.3 is 15.4 Å². The normalized spacial score (nSPS) is 29.6. The number of carbonyl (C=O) groups excluding carboxylic acids is 1. The molecular formula is C18H26N2O2. The van der Waals surface area contributed by atoms with E-state index in [-0.39, 0.29) is 17.9 Å². The number of fused-ring (bicyclic) bond motifs is 2. The van der Waals surface area contributed by atoms with Gasteiger partial charge in [-0.15, -0.1) is 0 Å². The van der Waals surface area contributed by atoms with Gasteiger partial charge in [0.2, 0.25) is 5.91 Å². The molecule has 2 aliphatic rings. The third kappa shape index (κ3) is 2.72. The second-order valence-corrected chi connectivity index (χ2v) is 6.67. The van der Waals surface area contributed by atoms with Gasteiger partial charge in [-0.1, -0.05) is 18.2 Å². The van der Waals surface area contributed by atoms with Crippen LogP contribution in [0.3, 0.4) is 0 Å². The van der Waals surface area contributed by atoms with Crippen LogP contribution in [0.4, 0.5) is 0 Å². The third-order valence-electron chi connectivity index (χ3n) is 5.32. The Morgan fingerprint density at radius 1 is 1.32 bits per heavy atom. The quantitative estimate of drug-likeness (QED) is 0.909. The van der Waals surface area contributed by atoms with Gasteiger partial charge in [-0.05, 0) is 44.1 Å². The maximum Gasteiger partial charge on any atom is 0.227 e. The summed E-state index contributed by atoms with van der Waals surface area (Å²) in [5, 5.41) is 0. The highest BCUT2D eigenvalue weighted by atomic mass is 16.5. The molecule has 3 rings (SSSR count). The van der Waals surface area contributed by atoms with Gasteiger partial charge in [-0.3, -0.25) is 4.79 Å². The van der Waals surface area contributed by atoms with Crippen LogP contribution in [0.15, 0.2) is 24.3 Å². The summed E-state index contributed by atoms with van der Waals surface area (Å²) in [5.41, 5.74) is 7.35. The molecule has 0 unspecified atom stereocenters. The van der Waals surface area contributed by atoms with E-state index >= 15 is 0 Å². The largest absolute Gasteiger partial charge is 0.494 e. The number of rotatable bonds is 5. The molecule has 1 aromatic rings. The number of hydrogen-bond donors (Lipinski definition) is 1. The topological polar surface area (TPSA) is 55.6 Å². The highest BCUT2D eigenvalue weighted by molar-refractivity contribution is 5.80. The van der Waals surface area contributed by atoms with Crippen molar-refractivity contribution in [3.05, 3.63) is 29.8 Å². The van der Waals surface area contributed by atoms with Crippen LogP contribution in [0.2, 0.25) is 0 Å². The Balaban J connectivity index is 1.69. The maximum absolute atomic E-state index is 12.8. The van der Waals surface area contributed by atoms with Crippen LogP contribution in [0, 0.1) is 17.8 Å². The average Bonchev–Trinajstić information content (AvgIpc) is 3.10.